The minimum atomic E-state index is -0.558. The molecule has 0 saturated carbocycles. The topological polar surface area (TPSA) is 111 Å². The Kier molecular flexibility index (Phi) is 6.26. The Morgan fingerprint density at radius 3 is 2.62 bits per heavy atom. The van der Waals surface area contributed by atoms with Crippen LogP contribution in [-0.2, 0) is 4.79 Å². The van der Waals surface area contributed by atoms with Crippen molar-refractivity contribution in [3.63, 3.8) is 0 Å². The molecule has 0 saturated heterocycles. The molecule has 136 valence electrons. The van der Waals surface area contributed by atoms with Crippen molar-refractivity contribution in [1.82, 2.24) is 5.32 Å². The highest BCUT2D eigenvalue weighted by atomic mass is 16.6. The Hall–Kier alpha value is -3.42. The van der Waals surface area contributed by atoms with Gasteiger partial charge in [-0.3, -0.25) is 19.7 Å². The standard InChI is InChI=1S/C18H19N3O5/c1-12-4-3-5-13(10-12)18(23)19-9-8-17(22)20-15-11-14(21(24)25)6-7-16(15)26-2/h3-7,10-11H,8-9H2,1-2H3,(H,19,23)(H,20,22). The molecule has 0 fully saturated rings. The molecule has 2 aromatic carbocycles. The van der Waals surface area contributed by atoms with Gasteiger partial charge in [0.1, 0.15) is 5.75 Å². The van der Waals surface area contributed by atoms with Crippen molar-refractivity contribution in [3.8, 4) is 5.75 Å². The number of ether oxygens (including phenoxy) is 1. The first kappa shape index (κ1) is 18.9. The molecule has 0 aliphatic heterocycles. The number of aryl methyl sites for hydroxylation is 1. The predicted molar refractivity (Wildman–Crippen MR) is 96.4 cm³/mol. The fraction of sp³-hybridized carbons (Fsp3) is 0.222. The zero-order valence-electron chi connectivity index (χ0n) is 14.4. The number of nitro benzene ring substituents is 1. The van der Waals surface area contributed by atoms with Crippen molar-refractivity contribution >= 4 is 23.2 Å². The molecule has 0 bridgehead atoms. The predicted octanol–water partition coefficient (Wildman–Crippen LogP) is 2.67. The van der Waals surface area contributed by atoms with Gasteiger partial charge in [0.2, 0.25) is 5.91 Å². The van der Waals surface area contributed by atoms with Gasteiger partial charge in [0.25, 0.3) is 11.6 Å². The van der Waals surface area contributed by atoms with Crippen LogP contribution in [0.2, 0.25) is 0 Å². The molecule has 2 rings (SSSR count). The maximum absolute atomic E-state index is 12.0. The van der Waals surface area contributed by atoms with E-state index >= 15 is 0 Å². The second-order valence-electron chi connectivity index (χ2n) is 5.57. The first-order chi connectivity index (χ1) is 12.4. The van der Waals surface area contributed by atoms with Crippen molar-refractivity contribution in [2.45, 2.75) is 13.3 Å². The van der Waals surface area contributed by atoms with Crippen LogP contribution in [0.15, 0.2) is 42.5 Å². The Balaban J connectivity index is 1.92. The third kappa shape index (κ3) is 5.04. The number of anilines is 1. The van der Waals surface area contributed by atoms with Crippen molar-refractivity contribution in [2.75, 3.05) is 19.0 Å². The number of hydrogen-bond donors (Lipinski definition) is 2. The van der Waals surface area contributed by atoms with Gasteiger partial charge >= 0.3 is 0 Å². The number of nitrogens with one attached hydrogen (secondary N) is 2. The van der Waals surface area contributed by atoms with Crippen LogP contribution in [0.5, 0.6) is 5.75 Å². The van der Waals surface area contributed by atoms with Gasteiger partial charge in [0.05, 0.1) is 17.7 Å². The largest absolute Gasteiger partial charge is 0.495 e. The zero-order valence-corrected chi connectivity index (χ0v) is 14.4. The van der Waals surface area contributed by atoms with Gasteiger partial charge in [-0.15, -0.1) is 0 Å². The first-order valence-corrected chi connectivity index (χ1v) is 7.88. The summed E-state index contributed by atoms with van der Waals surface area (Å²) >= 11 is 0. The number of nitro groups is 1. The lowest BCUT2D eigenvalue weighted by molar-refractivity contribution is -0.384. The van der Waals surface area contributed by atoms with E-state index < -0.39 is 10.8 Å². The molecule has 2 N–H and O–H groups in total. The summed E-state index contributed by atoms with van der Waals surface area (Å²) in [6, 6.07) is 11.0. The lowest BCUT2D eigenvalue weighted by Gasteiger charge is -2.10. The maximum Gasteiger partial charge on any atom is 0.271 e. The highest BCUT2D eigenvalue weighted by Gasteiger charge is 2.14. The number of nitrogens with zero attached hydrogens (tertiary/aromatic N) is 1. The van der Waals surface area contributed by atoms with Gasteiger partial charge in [-0.05, 0) is 25.1 Å². The van der Waals surface area contributed by atoms with E-state index in [-0.39, 0.29) is 30.2 Å². The van der Waals surface area contributed by atoms with E-state index in [4.69, 9.17) is 4.74 Å². The van der Waals surface area contributed by atoms with Gasteiger partial charge in [-0.2, -0.15) is 0 Å². The van der Waals surface area contributed by atoms with Crippen LogP contribution in [0.1, 0.15) is 22.3 Å². The molecule has 0 atom stereocenters. The summed E-state index contributed by atoms with van der Waals surface area (Å²) in [5, 5.41) is 16.1. The number of benzene rings is 2. The van der Waals surface area contributed by atoms with E-state index in [1.807, 2.05) is 13.0 Å². The highest BCUT2D eigenvalue weighted by molar-refractivity contribution is 5.96. The first-order valence-electron chi connectivity index (χ1n) is 7.88. The summed E-state index contributed by atoms with van der Waals surface area (Å²) in [6.07, 6.45) is 0.0173. The fourth-order valence-electron chi connectivity index (χ4n) is 2.30. The fourth-order valence-corrected chi connectivity index (χ4v) is 2.30. The number of hydrogen-bond acceptors (Lipinski definition) is 5. The molecule has 8 nitrogen and oxygen atoms in total. The second kappa shape index (κ2) is 8.61. The number of amides is 2. The van der Waals surface area contributed by atoms with Gasteiger partial charge in [-0.1, -0.05) is 17.7 Å². The lowest BCUT2D eigenvalue weighted by Crippen LogP contribution is -2.27. The maximum atomic E-state index is 12.0. The number of methoxy groups -OCH3 is 1. The number of rotatable bonds is 7. The summed E-state index contributed by atoms with van der Waals surface area (Å²) < 4.78 is 5.09. The van der Waals surface area contributed by atoms with Crippen molar-refractivity contribution < 1.29 is 19.2 Å². The molecule has 26 heavy (non-hydrogen) atoms. The third-order valence-corrected chi connectivity index (χ3v) is 3.59. The Morgan fingerprint density at radius 2 is 1.96 bits per heavy atom. The van der Waals surface area contributed by atoms with Gasteiger partial charge in [0.15, 0.2) is 0 Å². The van der Waals surface area contributed by atoms with E-state index in [2.05, 4.69) is 10.6 Å². The molecule has 0 unspecified atom stereocenters. The molecule has 0 radical (unpaired) electrons. The van der Waals surface area contributed by atoms with Crippen molar-refractivity contribution in [1.29, 1.82) is 0 Å². The van der Waals surface area contributed by atoms with Crippen LogP contribution in [0.3, 0.4) is 0 Å². The highest BCUT2D eigenvalue weighted by Crippen LogP contribution is 2.28. The smallest absolute Gasteiger partial charge is 0.271 e. The molecule has 0 aromatic heterocycles. The molecule has 0 heterocycles. The summed E-state index contributed by atoms with van der Waals surface area (Å²) in [4.78, 5) is 34.4. The van der Waals surface area contributed by atoms with Crippen LogP contribution < -0.4 is 15.4 Å². The van der Waals surface area contributed by atoms with Gasteiger partial charge < -0.3 is 15.4 Å². The SMILES string of the molecule is COc1ccc([N+](=O)[O-])cc1NC(=O)CCNC(=O)c1cccc(C)c1. The number of non-ortho nitro benzene ring substituents is 1. The third-order valence-electron chi connectivity index (χ3n) is 3.59. The van der Waals surface area contributed by atoms with Crippen LogP contribution in [0.25, 0.3) is 0 Å². The molecular weight excluding hydrogens is 338 g/mol. The summed E-state index contributed by atoms with van der Waals surface area (Å²) in [6.45, 7) is 2.02. The van der Waals surface area contributed by atoms with Crippen LogP contribution in [0.4, 0.5) is 11.4 Å². The number of carbonyl (C=O) groups excluding carboxylic acids is 2. The average Bonchev–Trinajstić information content (AvgIpc) is 2.61. The molecule has 8 heteroatoms. The van der Waals surface area contributed by atoms with Gasteiger partial charge in [0, 0.05) is 30.7 Å². The number of carbonyl (C=O) groups is 2. The van der Waals surface area contributed by atoms with Crippen molar-refractivity contribution in [3.05, 3.63) is 63.7 Å². The average molecular weight is 357 g/mol. The van der Waals surface area contributed by atoms with Gasteiger partial charge in [-0.25, -0.2) is 0 Å². The van der Waals surface area contributed by atoms with Crippen molar-refractivity contribution in [2.24, 2.45) is 0 Å². The second-order valence-corrected chi connectivity index (χ2v) is 5.57. The molecule has 0 spiro atoms. The van der Waals surface area contributed by atoms with Crippen LogP contribution >= 0.6 is 0 Å². The Morgan fingerprint density at radius 1 is 1.19 bits per heavy atom. The summed E-state index contributed by atoms with van der Waals surface area (Å²) in [5.41, 5.74) is 1.53. The molecule has 0 aliphatic rings. The Labute approximate surface area is 150 Å². The van der Waals surface area contributed by atoms with E-state index in [0.717, 1.165) is 5.56 Å². The van der Waals surface area contributed by atoms with Crippen LogP contribution in [-0.4, -0.2) is 30.4 Å². The molecular formula is C18H19N3O5. The summed E-state index contributed by atoms with van der Waals surface area (Å²) in [5.74, 6) is -0.351. The normalized spacial score (nSPS) is 10.1. The lowest BCUT2D eigenvalue weighted by atomic mass is 10.1. The minimum Gasteiger partial charge on any atom is -0.495 e. The zero-order chi connectivity index (χ0) is 19.1. The molecule has 2 aromatic rings. The quantitative estimate of drug-likeness (QED) is 0.585. The molecule has 0 aliphatic carbocycles. The minimum absolute atomic E-state index is 0.0173. The van der Waals surface area contributed by atoms with E-state index in [0.29, 0.717) is 11.3 Å². The monoisotopic (exact) mass is 357 g/mol. The molecule has 2 amide bonds. The Bertz CT molecular complexity index is 835. The van der Waals surface area contributed by atoms with E-state index in [9.17, 15) is 19.7 Å². The summed E-state index contributed by atoms with van der Waals surface area (Å²) in [7, 11) is 1.40. The van der Waals surface area contributed by atoms with E-state index in [1.165, 1.54) is 25.3 Å². The van der Waals surface area contributed by atoms with E-state index in [1.54, 1.807) is 18.2 Å². The van der Waals surface area contributed by atoms with Crippen LogP contribution in [0, 0.1) is 17.0 Å².